The zero-order valence-corrected chi connectivity index (χ0v) is 32.0. The number of carbonyl (C=O) groups excluding carboxylic acids is 1. The van der Waals surface area contributed by atoms with Gasteiger partial charge in [-0.2, -0.15) is 0 Å². The Bertz CT molecular complexity index is 771. The van der Waals surface area contributed by atoms with E-state index in [4.69, 9.17) is 0 Å². The zero-order chi connectivity index (χ0) is 35.0. The van der Waals surface area contributed by atoms with E-state index in [-0.39, 0.29) is 12.5 Å². The third kappa shape index (κ3) is 35.7. The first-order chi connectivity index (χ1) is 23.7. The summed E-state index contributed by atoms with van der Waals surface area (Å²) in [6, 6.07) is -0.649. The minimum absolute atomic E-state index is 0.0890. The molecule has 0 heterocycles. The van der Waals surface area contributed by atoms with Gasteiger partial charge in [-0.3, -0.25) is 4.79 Å². The van der Waals surface area contributed by atoms with E-state index in [1.54, 1.807) is 6.08 Å². The normalized spacial score (nSPS) is 13.5. The molecule has 2 atom stereocenters. The van der Waals surface area contributed by atoms with Crippen LogP contribution in [0.4, 0.5) is 0 Å². The van der Waals surface area contributed by atoms with Crippen LogP contribution >= 0.6 is 0 Å². The maximum absolute atomic E-state index is 12.3. The van der Waals surface area contributed by atoms with Crippen molar-refractivity contribution in [2.24, 2.45) is 0 Å². The molecule has 0 rings (SSSR count). The molecule has 4 heteroatoms. The second-order valence-electron chi connectivity index (χ2n) is 14.0. The second-order valence-corrected chi connectivity index (χ2v) is 14.0. The van der Waals surface area contributed by atoms with Crippen molar-refractivity contribution in [3.05, 3.63) is 48.6 Å². The number of unbranched alkanes of at least 4 members (excludes halogenated alkanes) is 24. The number of hydrogen-bond acceptors (Lipinski definition) is 3. The Morgan fingerprint density at radius 1 is 0.479 bits per heavy atom. The molecule has 0 radical (unpaired) electrons. The smallest absolute Gasteiger partial charge is 0.220 e. The van der Waals surface area contributed by atoms with Gasteiger partial charge in [-0.15, -0.1) is 0 Å². The van der Waals surface area contributed by atoms with Crippen LogP contribution in [0.3, 0.4) is 0 Å². The van der Waals surface area contributed by atoms with E-state index >= 15 is 0 Å². The summed E-state index contributed by atoms with van der Waals surface area (Å²) in [6.45, 7) is 4.27. The van der Waals surface area contributed by atoms with Crippen molar-refractivity contribution < 1.29 is 15.0 Å². The molecule has 0 spiro atoms. The molecule has 0 aliphatic heterocycles. The average molecular weight is 672 g/mol. The summed E-state index contributed by atoms with van der Waals surface area (Å²) in [5, 5.41) is 22.9. The first-order valence-electron chi connectivity index (χ1n) is 20.9. The second kappa shape index (κ2) is 39.8. The molecule has 0 saturated heterocycles. The number of aliphatic hydroxyl groups is 2. The molecule has 0 saturated carbocycles. The van der Waals surface area contributed by atoms with Crippen LogP contribution in [0.5, 0.6) is 0 Å². The van der Waals surface area contributed by atoms with Crippen LogP contribution in [0.15, 0.2) is 48.6 Å². The first kappa shape index (κ1) is 46.4. The van der Waals surface area contributed by atoms with E-state index in [1.165, 1.54) is 135 Å². The van der Waals surface area contributed by atoms with Gasteiger partial charge in [0.15, 0.2) is 0 Å². The van der Waals surface area contributed by atoms with Crippen LogP contribution in [0, 0.1) is 0 Å². The largest absolute Gasteiger partial charge is 0.394 e. The number of nitrogens with one attached hydrogen (secondary N) is 1. The molecular weight excluding hydrogens is 590 g/mol. The average Bonchev–Trinajstić information content (AvgIpc) is 3.09. The van der Waals surface area contributed by atoms with E-state index in [2.05, 4.69) is 55.6 Å². The molecule has 0 aromatic heterocycles. The predicted molar refractivity (Wildman–Crippen MR) is 211 cm³/mol. The first-order valence-corrected chi connectivity index (χ1v) is 20.9. The number of aliphatic hydroxyl groups excluding tert-OH is 2. The maximum Gasteiger partial charge on any atom is 0.220 e. The van der Waals surface area contributed by atoms with E-state index in [0.29, 0.717) is 6.42 Å². The predicted octanol–water partition coefficient (Wildman–Crippen LogP) is 12.8. The van der Waals surface area contributed by atoms with Crippen molar-refractivity contribution in [3.8, 4) is 0 Å². The van der Waals surface area contributed by atoms with Gasteiger partial charge in [0.05, 0.1) is 18.8 Å². The molecule has 0 aromatic rings. The Balaban J connectivity index is 3.66. The van der Waals surface area contributed by atoms with Crippen LogP contribution in [-0.2, 0) is 4.79 Å². The van der Waals surface area contributed by atoms with Crippen LogP contribution < -0.4 is 5.32 Å². The molecule has 0 aromatic carbocycles. The van der Waals surface area contributed by atoms with Crippen LogP contribution in [-0.4, -0.2) is 34.9 Å². The lowest BCUT2D eigenvalue weighted by Gasteiger charge is -2.19. The molecule has 280 valence electrons. The van der Waals surface area contributed by atoms with Gasteiger partial charge in [0.1, 0.15) is 0 Å². The third-order valence-electron chi connectivity index (χ3n) is 9.26. The number of hydrogen-bond donors (Lipinski definition) is 3. The molecule has 0 aliphatic rings. The number of allylic oxidation sites excluding steroid dienone is 7. The summed E-state index contributed by atoms with van der Waals surface area (Å²) in [4.78, 5) is 12.3. The van der Waals surface area contributed by atoms with E-state index in [1.807, 2.05) is 6.08 Å². The lowest BCUT2D eigenvalue weighted by atomic mass is 10.0. The van der Waals surface area contributed by atoms with Gasteiger partial charge in [-0.1, -0.05) is 178 Å². The van der Waals surface area contributed by atoms with Gasteiger partial charge < -0.3 is 15.5 Å². The SMILES string of the molecule is CCCCCC/C=C\CCCCCCCC(=O)NC(CO)C(O)/C=C/CC/C=C/CC/C=C/CCCCCCCCCCCCCCC. The number of rotatable bonds is 37. The van der Waals surface area contributed by atoms with Gasteiger partial charge in [0.25, 0.3) is 0 Å². The molecule has 0 aliphatic carbocycles. The van der Waals surface area contributed by atoms with Crippen molar-refractivity contribution in [1.82, 2.24) is 5.32 Å². The lowest BCUT2D eigenvalue weighted by molar-refractivity contribution is -0.123. The highest BCUT2D eigenvalue weighted by molar-refractivity contribution is 5.76. The van der Waals surface area contributed by atoms with E-state index < -0.39 is 12.1 Å². The highest BCUT2D eigenvalue weighted by atomic mass is 16.3. The molecule has 3 N–H and O–H groups in total. The monoisotopic (exact) mass is 672 g/mol. The van der Waals surface area contributed by atoms with E-state index in [9.17, 15) is 15.0 Å². The van der Waals surface area contributed by atoms with Crippen molar-refractivity contribution in [3.63, 3.8) is 0 Å². The topological polar surface area (TPSA) is 69.6 Å². The summed E-state index contributed by atoms with van der Waals surface area (Å²) in [6.07, 6.45) is 53.6. The Labute approximate surface area is 299 Å². The quantitative estimate of drug-likeness (QED) is 0.0455. The molecule has 2 unspecified atom stereocenters. The standard InChI is InChI=1S/C44H81NO3/c1-3-5-7-9-11-13-15-17-18-19-20-21-22-23-24-25-26-28-29-31-33-35-37-39-43(47)42(41-46)45-44(48)40-38-36-34-32-30-27-16-14-12-10-8-6-4-2/h14,16,24-25,29,31,37,39,42-43,46-47H,3-13,15,17-23,26-28,30,32-36,38,40-41H2,1-2H3,(H,45,48)/b16-14-,25-24+,31-29+,39-37+. The third-order valence-corrected chi connectivity index (χ3v) is 9.26. The highest BCUT2D eigenvalue weighted by Crippen LogP contribution is 2.14. The molecule has 0 bridgehead atoms. The highest BCUT2D eigenvalue weighted by Gasteiger charge is 2.17. The van der Waals surface area contributed by atoms with Gasteiger partial charge in [-0.25, -0.2) is 0 Å². The minimum atomic E-state index is -0.873. The number of carbonyl (C=O) groups is 1. The lowest BCUT2D eigenvalue weighted by Crippen LogP contribution is -2.45. The minimum Gasteiger partial charge on any atom is -0.394 e. The fourth-order valence-corrected chi connectivity index (χ4v) is 6.03. The van der Waals surface area contributed by atoms with Crippen molar-refractivity contribution >= 4 is 5.91 Å². The van der Waals surface area contributed by atoms with Crippen molar-refractivity contribution in [1.29, 1.82) is 0 Å². The molecule has 0 fully saturated rings. The van der Waals surface area contributed by atoms with Gasteiger partial charge in [-0.05, 0) is 70.6 Å². The fourth-order valence-electron chi connectivity index (χ4n) is 6.03. The van der Waals surface area contributed by atoms with Gasteiger partial charge in [0, 0.05) is 6.42 Å². The maximum atomic E-state index is 12.3. The number of amides is 1. The zero-order valence-electron chi connectivity index (χ0n) is 32.0. The van der Waals surface area contributed by atoms with Gasteiger partial charge >= 0.3 is 0 Å². The molecular formula is C44H81NO3. The summed E-state index contributed by atoms with van der Waals surface area (Å²) in [7, 11) is 0. The van der Waals surface area contributed by atoms with Crippen molar-refractivity contribution in [2.75, 3.05) is 6.61 Å². The molecule has 4 nitrogen and oxygen atoms in total. The Kier molecular flexibility index (Phi) is 38.4. The van der Waals surface area contributed by atoms with Crippen LogP contribution in [0.25, 0.3) is 0 Å². The van der Waals surface area contributed by atoms with Crippen LogP contribution in [0.2, 0.25) is 0 Å². The molecule has 1 amide bonds. The van der Waals surface area contributed by atoms with Crippen LogP contribution in [0.1, 0.15) is 206 Å². The fraction of sp³-hybridized carbons (Fsp3) is 0.795. The Hall–Kier alpha value is -1.65. The molecule has 48 heavy (non-hydrogen) atoms. The van der Waals surface area contributed by atoms with Crippen molar-refractivity contribution in [2.45, 2.75) is 219 Å². The summed E-state index contributed by atoms with van der Waals surface area (Å²) in [5.74, 6) is -0.0890. The summed E-state index contributed by atoms with van der Waals surface area (Å²) in [5.41, 5.74) is 0. The van der Waals surface area contributed by atoms with Gasteiger partial charge in [0.2, 0.25) is 5.91 Å². The van der Waals surface area contributed by atoms with E-state index in [0.717, 1.165) is 51.4 Å². The Morgan fingerprint density at radius 2 is 0.812 bits per heavy atom. The summed E-state index contributed by atoms with van der Waals surface area (Å²) >= 11 is 0. The summed E-state index contributed by atoms with van der Waals surface area (Å²) < 4.78 is 0. The Morgan fingerprint density at radius 3 is 1.23 bits per heavy atom.